The van der Waals surface area contributed by atoms with Crippen molar-refractivity contribution in [1.29, 1.82) is 0 Å². The van der Waals surface area contributed by atoms with E-state index in [0.717, 1.165) is 12.5 Å². The first-order chi connectivity index (χ1) is 10.6. The first-order valence-electron chi connectivity index (χ1n) is 8.84. The predicted molar refractivity (Wildman–Crippen MR) is 88.6 cm³/mol. The molecule has 2 bridgehead atoms. The van der Waals surface area contributed by atoms with Crippen LogP contribution in [0.4, 0.5) is 0 Å². The third-order valence-corrected chi connectivity index (χ3v) is 6.65. The van der Waals surface area contributed by atoms with Crippen LogP contribution >= 0.6 is 0 Å². The van der Waals surface area contributed by atoms with Gasteiger partial charge in [0.1, 0.15) is 0 Å². The van der Waals surface area contributed by atoms with Gasteiger partial charge in [0.15, 0.2) is 0 Å². The first kappa shape index (κ1) is 18.3. The molecular weight excluding hydrogens is 292 g/mol. The van der Waals surface area contributed by atoms with Crippen molar-refractivity contribution in [3.8, 4) is 0 Å². The summed E-state index contributed by atoms with van der Waals surface area (Å²) in [4.78, 5) is 22.6. The molecule has 0 aromatic rings. The van der Waals surface area contributed by atoms with E-state index in [0.29, 0.717) is 17.8 Å². The number of rotatable bonds is 1. The molecule has 4 aliphatic rings. The number of ether oxygens (including phenoxy) is 2. The quantitative estimate of drug-likeness (QED) is 0.688. The molecule has 132 valence electrons. The van der Waals surface area contributed by atoms with Crippen molar-refractivity contribution in [1.82, 2.24) is 0 Å². The van der Waals surface area contributed by atoms with E-state index in [1.54, 1.807) is 0 Å². The third kappa shape index (κ3) is 3.41. The van der Waals surface area contributed by atoms with Gasteiger partial charge in [-0.2, -0.15) is 0 Å². The summed E-state index contributed by atoms with van der Waals surface area (Å²) >= 11 is 0. The van der Waals surface area contributed by atoms with Crippen LogP contribution in [0.5, 0.6) is 0 Å². The van der Waals surface area contributed by atoms with Gasteiger partial charge in [-0.05, 0) is 56.8 Å². The topological polar surface area (TPSA) is 52.6 Å². The van der Waals surface area contributed by atoms with Crippen molar-refractivity contribution in [3.05, 3.63) is 0 Å². The van der Waals surface area contributed by atoms with Crippen molar-refractivity contribution in [3.63, 3.8) is 0 Å². The molecule has 3 aliphatic carbocycles. The number of carbonyl (C=O) groups excluding carboxylic acids is 2. The Hall–Kier alpha value is -1.06. The van der Waals surface area contributed by atoms with Crippen LogP contribution in [0.15, 0.2) is 0 Å². The van der Waals surface area contributed by atoms with E-state index in [1.807, 2.05) is 34.6 Å². The van der Waals surface area contributed by atoms with Crippen LogP contribution in [0.3, 0.4) is 0 Å². The minimum atomic E-state index is -0.415. The number of hydrogen-bond acceptors (Lipinski definition) is 4. The molecule has 1 aliphatic heterocycles. The number of fused-ring (bicyclic) bond motifs is 2. The zero-order chi connectivity index (χ0) is 17.4. The Morgan fingerprint density at radius 2 is 1.57 bits per heavy atom. The highest BCUT2D eigenvalue weighted by Crippen LogP contribution is 2.51. The summed E-state index contributed by atoms with van der Waals surface area (Å²) in [5.41, 5.74) is -0.470. The Bertz CT molecular complexity index is 452. The average molecular weight is 324 g/mol. The monoisotopic (exact) mass is 324 g/mol. The molecule has 4 heteroatoms. The number of cyclic esters (lactones) is 1. The minimum absolute atomic E-state index is 0.0555. The molecule has 0 aromatic carbocycles. The van der Waals surface area contributed by atoms with Crippen molar-refractivity contribution in [2.75, 3.05) is 13.7 Å². The van der Waals surface area contributed by atoms with Gasteiger partial charge in [0.2, 0.25) is 0 Å². The molecule has 0 amide bonds. The number of carbonyl (C=O) groups is 2. The average Bonchev–Trinajstić information content (AvgIpc) is 2.91. The van der Waals surface area contributed by atoms with Crippen molar-refractivity contribution >= 4 is 11.9 Å². The van der Waals surface area contributed by atoms with Gasteiger partial charge in [0, 0.05) is 5.92 Å². The van der Waals surface area contributed by atoms with Crippen molar-refractivity contribution < 1.29 is 19.1 Å². The molecule has 1 heterocycles. The summed E-state index contributed by atoms with van der Waals surface area (Å²) in [5, 5.41) is 0. The van der Waals surface area contributed by atoms with Crippen LogP contribution in [-0.4, -0.2) is 25.7 Å². The normalized spacial score (nSPS) is 32.5. The van der Waals surface area contributed by atoms with E-state index in [2.05, 4.69) is 0 Å². The fourth-order valence-electron chi connectivity index (χ4n) is 4.02. The van der Waals surface area contributed by atoms with E-state index < -0.39 is 5.41 Å². The second kappa shape index (κ2) is 6.45. The summed E-state index contributed by atoms with van der Waals surface area (Å²) in [5.74, 6) is 2.35. The van der Waals surface area contributed by atoms with Gasteiger partial charge >= 0.3 is 11.9 Å². The largest absolute Gasteiger partial charge is 0.469 e. The maximum atomic E-state index is 11.4. The van der Waals surface area contributed by atoms with Gasteiger partial charge < -0.3 is 9.47 Å². The lowest BCUT2D eigenvalue weighted by Crippen LogP contribution is -2.40. The van der Waals surface area contributed by atoms with Crippen LogP contribution < -0.4 is 0 Å². The molecule has 0 aromatic heterocycles. The molecule has 23 heavy (non-hydrogen) atoms. The Kier molecular flexibility index (Phi) is 5.12. The molecule has 3 saturated carbocycles. The SMILES string of the molecule is COC(=O)C(C)(C)C(C)(C)C.O=C1OCC2C3CCC(CC3)C12. The number of esters is 2. The number of methoxy groups -OCH3 is 1. The predicted octanol–water partition coefficient (Wildman–Crippen LogP) is 3.83. The highest BCUT2D eigenvalue weighted by Gasteiger charge is 2.51. The lowest BCUT2D eigenvalue weighted by atomic mass is 9.60. The highest BCUT2D eigenvalue weighted by molar-refractivity contribution is 5.76. The van der Waals surface area contributed by atoms with E-state index in [1.165, 1.54) is 32.8 Å². The van der Waals surface area contributed by atoms with Crippen LogP contribution in [0.1, 0.15) is 60.3 Å². The summed E-state index contributed by atoms with van der Waals surface area (Å²) in [6, 6.07) is 0. The molecule has 0 spiro atoms. The van der Waals surface area contributed by atoms with Crippen molar-refractivity contribution in [2.45, 2.75) is 60.3 Å². The zero-order valence-electron chi connectivity index (χ0n) is 15.5. The van der Waals surface area contributed by atoms with Gasteiger partial charge in [-0.15, -0.1) is 0 Å². The molecular formula is C19H32O4. The molecule has 4 rings (SSSR count). The minimum Gasteiger partial charge on any atom is -0.469 e. The van der Waals surface area contributed by atoms with E-state index in [-0.39, 0.29) is 17.4 Å². The van der Waals surface area contributed by atoms with Crippen LogP contribution in [0.2, 0.25) is 0 Å². The zero-order valence-corrected chi connectivity index (χ0v) is 15.5. The van der Waals surface area contributed by atoms with E-state index in [9.17, 15) is 9.59 Å². The highest BCUT2D eigenvalue weighted by atomic mass is 16.5. The van der Waals surface area contributed by atoms with Gasteiger partial charge in [0.05, 0.1) is 25.0 Å². The van der Waals surface area contributed by atoms with Gasteiger partial charge in [-0.3, -0.25) is 9.59 Å². The Labute approximate surface area is 140 Å². The summed E-state index contributed by atoms with van der Waals surface area (Å²) < 4.78 is 9.84. The third-order valence-electron chi connectivity index (χ3n) is 6.65. The molecule has 2 unspecified atom stereocenters. The second-order valence-corrected chi connectivity index (χ2v) is 8.86. The standard InChI is InChI=1S/C10H14O2.C9H18O2/c11-10-9-7-3-1-6(2-4-7)8(9)5-12-10;1-8(2,3)9(4,5)7(10)11-6/h6-9H,1-5H2;1-6H3. The van der Waals surface area contributed by atoms with E-state index >= 15 is 0 Å². The number of hydrogen-bond donors (Lipinski definition) is 0. The van der Waals surface area contributed by atoms with E-state index in [4.69, 9.17) is 9.47 Å². The molecule has 4 fully saturated rings. The Morgan fingerprint density at radius 1 is 1.04 bits per heavy atom. The maximum Gasteiger partial charge on any atom is 0.311 e. The first-order valence-corrected chi connectivity index (χ1v) is 8.84. The summed E-state index contributed by atoms with van der Waals surface area (Å²) in [7, 11) is 1.43. The lowest BCUT2D eigenvalue weighted by Gasteiger charge is -2.42. The van der Waals surface area contributed by atoms with Gasteiger partial charge in [-0.1, -0.05) is 20.8 Å². The van der Waals surface area contributed by atoms with Gasteiger partial charge in [-0.25, -0.2) is 0 Å². The molecule has 0 N–H and O–H groups in total. The summed E-state index contributed by atoms with van der Waals surface area (Å²) in [6.07, 6.45) is 5.26. The van der Waals surface area contributed by atoms with Crippen LogP contribution in [-0.2, 0) is 19.1 Å². The Morgan fingerprint density at radius 3 is 1.96 bits per heavy atom. The smallest absolute Gasteiger partial charge is 0.311 e. The molecule has 2 atom stereocenters. The second-order valence-electron chi connectivity index (χ2n) is 8.86. The fourth-order valence-corrected chi connectivity index (χ4v) is 4.02. The van der Waals surface area contributed by atoms with Crippen LogP contribution in [0.25, 0.3) is 0 Å². The Balaban J connectivity index is 0.000000168. The van der Waals surface area contributed by atoms with Crippen LogP contribution in [0, 0.1) is 34.5 Å². The molecule has 0 radical (unpaired) electrons. The maximum absolute atomic E-state index is 11.4. The molecule has 4 nitrogen and oxygen atoms in total. The van der Waals surface area contributed by atoms with Gasteiger partial charge in [0.25, 0.3) is 0 Å². The van der Waals surface area contributed by atoms with Crippen molar-refractivity contribution in [2.24, 2.45) is 34.5 Å². The lowest BCUT2D eigenvalue weighted by molar-refractivity contribution is -0.157. The molecule has 1 saturated heterocycles. The summed E-state index contributed by atoms with van der Waals surface area (Å²) in [6.45, 7) is 10.6. The fraction of sp³-hybridized carbons (Fsp3) is 0.895.